The van der Waals surface area contributed by atoms with Crippen LogP contribution in [0.5, 0.6) is 5.75 Å². The second kappa shape index (κ2) is 6.78. The van der Waals surface area contributed by atoms with Gasteiger partial charge in [0.05, 0.1) is 15.7 Å². The average Bonchev–Trinajstić information content (AvgIpc) is 2.89. The molecule has 6 heteroatoms. The fourth-order valence-electron chi connectivity index (χ4n) is 2.62. The zero-order valence-corrected chi connectivity index (χ0v) is 15.3. The number of aliphatic hydroxyl groups is 1. The highest BCUT2D eigenvalue weighted by atomic mass is 127. The molecule has 1 aliphatic carbocycles. The van der Waals surface area contributed by atoms with E-state index in [1.165, 1.54) is 0 Å². The Balaban J connectivity index is 2.09. The lowest BCUT2D eigenvalue weighted by Gasteiger charge is -2.26. The number of phenolic OH excluding ortho intramolecular Hbond substituents is 1. The van der Waals surface area contributed by atoms with Gasteiger partial charge in [0.15, 0.2) is 0 Å². The van der Waals surface area contributed by atoms with Gasteiger partial charge in [-0.2, -0.15) is 0 Å². The van der Waals surface area contributed by atoms with Crippen LogP contribution in [0.25, 0.3) is 0 Å². The maximum Gasteiger partial charge on any atom is 0.255 e. The number of amides is 1. The molecule has 0 atom stereocenters. The fourth-order valence-corrected chi connectivity index (χ4v) is 4.46. The molecule has 1 aromatic carbocycles. The van der Waals surface area contributed by atoms with E-state index in [0.717, 1.165) is 29.3 Å². The van der Waals surface area contributed by atoms with Crippen LogP contribution >= 0.6 is 45.2 Å². The number of benzene rings is 1. The normalized spacial score (nSPS) is 17.1. The first-order chi connectivity index (χ1) is 9.47. The summed E-state index contributed by atoms with van der Waals surface area (Å²) in [6.45, 7) is 0.562. The van der Waals surface area contributed by atoms with Crippen molar-refractivity contribution in [2.24, 2.45) is 5.41 Å². The Morgan fingerprint density at radius 2 is 1.95 bits per heavy atom. The Morgan fingerprint density at radius 1 is 1.30 bits per heavy atom. The van der Waals surface area contributed by atoms with Gasteiger partial charge in [-0.1, -0.05) is 12.8 Å². The van der Waals surface area contributed by atoms with Gasteiger partial charge in [-0.25, -0.2) is 0 Å². The lowest BCUT2D eigenvalue weighted by Crippen LogP contribution is -2.38. The van der Waals surface area contributed by atoms with Crippen LogP contribution in [0.3, 0.4) is 0 Å². The predicted octanol–water partition coefficient (Wildman–Crippen LogP) is 2.88. The van der Waals surface area contributed by atoms with E-state index in [1.54, 1.807) is 6.07 Å². The smallest absolute Gasteiger partial charge is 0.255 e. The first-order valence-electron chi connectivity index (χ1n) is 6.54. The fraction of sp³-hybridized carbons (Fsp3) is 0.500. The number of halogens is 2. The van der Waals surface area contributed by atoms with Crippen LogP contribution < -0.4 is 5.32 Å². The molecule has 0 bridgehead atoms. The number of phenols is 1. The quantitative estimate of drug-likeness (QED) is 0.557. The molecule has 1 amide bonds. The summed E-state index contributed by atoms with van der Waals surface area (Å²) in [4.78, 5) is 12.2. The van der Waals surface area contributed by atoms with Crippen LogP contribution in [0.4, 0.5) is 0 Å². The monoisotopic (exact) mass is 501 g/mol. The number of nitrogens with one attached hydrogen (secondary N) is 1. The molecule has 1 fully saturated rings. The van der Waals surface area contributed by atoms with Crippen LogP contribution in [0.1, 0.15) is 36.0 Å². The predicted molar refractivity (Wildman–Crippen MR) is 93.9 cm³/mol. The Labute approximate surface area is 145 Å². The summed E-state index contributed by atoms with van der Waals surface area (Å²) in [5, 5.41) is 22.4. The minimum atomic E-state index is -0.279. The van der Waals surface area contributed by atoms with E-state index < -0.39 is 0 Å². The van der Waals surface area contributed by atoms with Crippen molar-refractivity contribution >= 4 is 51.1 Å². The molecule has 110 valence electrons. The second-order valence-electron chi connectivity index (χ2n) is 5.33. The largest absolute Gasteiger partial charge is 0.506 e. The third kappa shape index (κ3) is 3.56. The van der Waals surface area contributed by atoms with E-state index in [-0.39, 0.29) is 23.7 Å². The summed E-state index contributed by atoms with van der Waals surface area (Å²) in [5.41, 5.74) is 0.118. The molecule has 1 saturated carbocycles. The Bertz CT molecular complexity index is 513. The molecule has 2 rings (SSSR count). The number of aromatic hydroxyl groups is 1. The highest BCUT2D eigenvalue weighted by Gasteiger charge is 2.33. The van der Waals surface area contributed by atoms with Gasteiger partial charge in [-0.15, -0.1) is 0 Å². The minimum Gasteiger partial charge on any atom is -0.506 e. The number of carbonyl (C=O) groups is 1. The first kappa shape index (κ1) is 16.3. The van der Waals surface area contributed by atoms with Crippen molar-refractivity contribution in [1.82, 2.24) is 5.32 Å². The maximum absolute atomic E-state index is 12.2. The van der Waals surface area contributed by atoms with E-state index in [9.17, 15) is 15.0 Å². The molecule has 0 heterocycles. The third-order valence-electron chi connectivity index (χ3n) is 3.90. The van der Waals surface area contributed by atoms with Gasteiger partial charge in [0.1, 0.15) is 5.75 Å². The van der Waals surface area contributed by atoms with Crippen molar-refractivity contribution in [3.8, 4) is 5.75 Å². The molecule has 1 aromatic rings. The van der Waals surface area contributed by atoms with Crippen LogP contribution in [0, 0.1) is 12.6 Å². The number of hydrogen-bond acceptors (Lipinski definition) is 3. The molecule has 20 heavy (non-hydrogen) atoms. The number of rotatable bonds is 4. The lowest BCUT2D eigenvalue weighted by molar-refractivity contribution is 0.0878. The zero-order valence-electron chi connectivity index (χ0n) is 11.0. The van der Waals surface area contributed by atoms with Crippen LogP contribution in [-0.4, -0.2) is 29.3 Å². The van der Waals surface area contributed by atoms with Crippen LogP contribution in [0.15, 0.2) is 12.1 Å². The summed E-state index contributed by atoms with van der Waals surface area (Å²) < 4.78 is 1.57. The van der Waals surface area contributed by atoms with Crippen molar-refractivity contribution in [3.05, 3.63) is 24.8 Å². The Morgan fingerprint density at radius 3 is 2.55 bits per heavy atom. The average molecular weight is 501 g/mol. The highest BCUT2D eigenvalue weighted by molar-refractivity contribution is 14.1. The van der Waals surface area contributed by atoms with Crippen molar-refractivity contribution < 1.29 is 15.0 Å². The minimum absolute atomic E-state index is 0.0213. The summed E-state index contributed by atoms with van der Waals surface area (Å²) in [7, 11) is 0. The first-order valence-corrected chi connectivity index (χ1v) is 8.70. The van der Waals surface area contributed by atoms with E-state index >= 15 is 0 Å². The zero-order chi connectivity index (χ0) is 14.8. The van der Waals surface area contributed by atoms with E-state index in [1.807, 2.05) is 28.7 Å². The second-order valence-corrected chi connectivity index (χ2v) is 7.74. The number of hydrogen-bond donors (Lipinski definition) is 3. The summed E-state index contributed by atoms with van der Waals surface area (Å²) in [6.07, 6.45) is 4.09. The molecule has 0 radical (unpaired) electrons. The standard InChI is InChI=1S/C14H17I2NO3/c15-9-5-10(12(19)11(16)6-9)13(20)17-7-14(8-18)3-1-2-4-14/h5-6,18-19H,1-4,7-8H2,(H,17,20). The summed E-state index contributed by atoms with van der Waals surface area (Å²) in [6, 6.07) is 3.49. The van der Waals surface area contributed by atoms with E-state index in [0.29, 0.717) is 15.7 Å². The number of carbonyl (C=O) groups excluding carboxylic acids is 1. The van der Waals surface area contributed by atoms with Crippen LogP contribution in [-0.2, 0) is 0 Å². The summed E-state index contributed by atoms with van der Waals surface area (Å²) in [5.74, 6) is -0.258. The van der Waals surface area contributed by atoms with Crippen molar-refractivity contribution in [1.29, 1.82) is 0 Å². The lowest BCUT2D eigenvalue weighted by atomic mass is 9.87. The topological polar surface area (TPSA) is 69.6 Å². The van der Waals surface area contributed by atoms with Crippen molar-refractivity contribution in [2.75, 3.05) is 13.2 Å². The number of aliphatic hydroxyl groups excluding tert-OH is 1. The molecule has 0 unspecified atom stereocenters. The molecule has 1 aliphatic rings. The molecule has 0 aromatic heterocycles. The SMILES string of the molecule is O=C(NCC1(CO)CCCC1)c1cc(I)cc(I)c1O. The molecule has 0 aliphatic heterocycles. The molecule has 0 spiro atoms. The van der Waals surface area contributed by atoms with Gasteiger partial charge in [0.2, 0.25) is 0 Å². The Hall–Kier alpha value is -0.0900. The van der Waals surface area contributed by atoms with Gasteiger partial charge in [-0.05, 0) is 70.2 Å². The van der Waals surface area contributed by atoms with E-state index in [2.05, 4.69) is 27.9 Å². The third-order valence-corrected chi connectivity index (χ3v) is 5.34. The summed E-state index contributed by atoms with van der Waals surface area (Å²) >= 11 is 4.13. The van der Waals surface area contributed by atoms with Gasteiger partial charge >= 0.3 is 0 Å². The van der Waals surface area contributed by atoms with Gasteiger partial charge < -0.3 is 15.5 Å². The Kier molecular flexibility index (Phi) is 5.52. The molecular weight excluding hydrogens is 484 g/mol. The molecule has 0 saturated heterocycles. The molecule has 4 nitrogen and oxygen atoms in total. The van der Waals surface area contributed by atoms with E-state index in [4.69, 9.17) is 0 Å². The van der Waals surface area contributed by atoms with Gasteiger partial charge in [-0.3, -0.25) is 4.79 Å². The molecule has 3 N–H and O–H groups in total. The van der Waals surface area contributed by atoms with Gasteiger partial charge in [0, 0.05) is 15.5 Å². The highest BCUT2D eigenvalue weighted by Crippen LogP contribution is 2.37. The maximum atomic E-state index is 12.2. The van der Waals surface area contributed by atoms with Crippen LogP contribution in [0.2, 0.25) is 0 Å². The van der Waals surface area contributed by atoms with Crippen molar-refractivity contribution in [2.45, 2.75) is 25.7 Å². The van der Waals surface area contributed by atoms with Crippen molar-refractivity contribution in [3.63, 3.8) is 0 Å². The molecular formula is C14H17I2NO3. The van der Waals surface area contributed by atoms with Gasteiger partial charge in [0.25, 0.3) is 5.91 Å².